The number of thiophene rings is 1. The average Bonchev–Trinajstić information content (AvgIpc) is 2.67. The van der Waals surface area contributed by atoms with Crippen LogP contribution in [0.2, 0.25) is 5.02 Å². The summed E-state index contributed by atoms with van der Waals surface area (Å²) in [4.78, 5) is 3.50. The Morgan fingerprint density at radius 3 is 2.80 bits per heavy atom. The lowest BCUT2D eigenvalue weighted by atomic mass is 9.89. The Balaban J connectivity index is 2.38. The van der Waals surface area contributed by atoms with Crippen LogP contribution >= 0.6 is 22.9 Å². The fraction of sp³-hybridized carbons (Fsp3) is 0.438. The number of likely N-dealkylation sites (N-methyl/N-ethyl adjacent to an activating group) is 1. The Kier molecular flexibility index (Phi) is 3.29. The number of nitrogens with zero attached hydrogens (tertiary/aromatic N) is 2. The zero-order chi connectivity index (χ0) is 14.5. The third-order valence-corrected chi connectivity index (χ3v) is 5.90. The summed E-state index contributed by atoms with van der Waals surface area (Å²) in [6, 6.07) is 6.53. The molecule has 20 heavy (non-hydrogen) atoms. The lowest BCUT2D eigenvalue weighted by molar-refractivity contribution is 0.335. The van der Waals surface area contributed by atoms with Crippen molar-refractivity contribution in [3.05, 3.63) is 33.2 Å². The predicted molar refractivity (Wildman–Crippen MR) is 85.5 cm³/mol. The van der Waals surface area contributed by atoms with E-state index in [2.05, 4.69) is 24.1 Å². The first-order chi connectivity index (χ1) is 9.44. The average molecular weight is 305 g/mol. The second-order valence-corrected chi connectivity index (χ2v) is 7.49. The van der Waals surface area contributed by atoms with E-state index in [4.69, 9.17) is 11.6 Å². The minimum atomic E-state index is -0.450. The molecule has 0 N–H and O–H groups in total. The molecule has 0 radical (unpaired) electrons. The summed E-state index contributed by atoms with van der Waals surface area (Å²) in [6.45, 7) is 5.90. The molecular weight excluding hydrogens is 288 g/mol. The summed E-state index contributed by atoms with van der Waals surface area (Å²) in [6.07, 6.45) is 0.975. The molecule has 2 aromatic rings. The van der Waals surface area contributed by atoms with Crippen molar-refractivity contribution in [3.63, 3.8) is 0 Å². The number of halogens is 1. The van der Waals surface area contributed by atoms with Gasteiger partial charge in [0.25, 0.3) is 0 Å². The lowest BCUT2D eigenvalue weighted by Crippen LogP contribution is -2.21. The van der Waals surface area contributed by atoms with E-state index in [1.54, 1.807) is 11.3 Å². The van der Waals surface area contributed by atoms with Crippen molar-refractivity contribution in [2.75, 3.05) is 13.6 Å². The van der Waals surface area contributed by atoms with E-state index in [9.17, 15) is 5.26 Å². The number of nitriles is 1. The SMILES string of the molecule is CN1CCc2c(Cl)ccc3sc(C(C)(C)C#N)c(c23)C1. The summed E-state index contributed by atoms with van der Waals surface area (Å²) >= 11 is 8.15. The van der Waals surface area contributed by atoms with Gasteiger partial charge in [0.05, 0.1) is 11.5 Å². The number of hydrogen-bond donors (Lipinski definition) is 0. The highest BCUT2D eigenvalue weighted by Gasteiger charge is 2.30. The van der Waals surface area contributed by atoms with E-state index < -0.39 is 5.41 Å². The first kappa shape index (κ1) is 13.9. The largest absolute Gasteiger partial charge is 0.302 e. The topological polar surface area (TPSA) is 27.0 Å². The van der Waals surface area contributed by atoms with Crippen LogP contribution in [0.4, 0.5) is 0 Å². The molecule has 1 aliphatic heterocycles. The molecule has 0 saturated heterocycles. The maximum Gasteiger partial charge on any atom is 0.0862 e. The van der Waals surface area contributed by atoms with Gasteiger partial charge in [-0.15, -0.1) is 11.3 Å². The Labute approximate surface area is 128 Å². The van der Waals surface area contributed by atoms with Crippen LogP contribution in [0.3, 0.4) is 0 Å². The molecule has 0 spiro atoms. The smallest absolute Gasteiger partial charge is 0.0862 e. The van der Waals surface area contributed by atoms with Crippen molar-refractivity contribution in [2.24, 2.45) is 0 Å². The first-order valence-electron chi connectivity index (χ1n) is 6.77. The van der Waals surface area contributed by atoms with Crippen molar-refractivity contribution in [2.45, 2.75) is 32.2 Å². The molecule has 1 aliphatic rings. The first-order valence-corrected chi connectivity index (χ1v) is 7.96. The molecular formula is C16H17ClN2S. The van der Waals surface area contributed by atoms with Gasteiger partial charge >= 0.3 is 0 Å². The highest BCUT2D eigenvalue weighted by atomic mass is 35.5. The number of hydrogen-bond acceptors (Lipinski definition) is 3. The predicted octanol–water partition coefficient (Wildman–Crippen LogP) is 4.34. The van der Waals surface area contributed by atoms with Gasteiger partial charge < -0.3 is 4.90 Å². The van der Waals surface area contributed by atoms with Crippen molar-refractivity contribution in [1.82, 2.24) is 4.90 Å². The van der Waals surface area contributed by atoms with Gasteiger partial charge in [-0.2, -0.15) is 5.26 Å². The van der Waals surface area contributed by atoms with Gasteiger partial charge in [0.15, 0.2) is 0 Å². The van der Waals surface area contributed by atoms with Crippen molar-refractivity contribution in [3.8, 4) is 6.07 Å². The summed E-state index contributed by atoms with van der Waals surface area (Å²) in [5.41, 5.74) is 2.10. The van der Waals surface area contributed by atoms with E-state index in [1.165, 1.54) is 26.1 Å². The molecule has 0 aliphatic carbocycles. The van der Waals surface area contributed by atoms with Gasteiger partial charge in [-0.1, -0.05) is 11.6 Å². The summed E-state index contributed by atoms with van der Waals surface area (Å²) in [5, 5.41) is 11.6. The lowest BCUT2D eigenvalue weighted by Gasteiger charge is -2.19. The molecule has 3 rings (SSSR count). The molecule has 0 amide bonds. The quantitative estimate of drug-likeness (QED) is 0.783. The second kappa shape index (κ2) is 4.73. The maximum atomic E-state index is 9.49. The van der Waals surface area contributed by atoms with Crippen LogP contribution in [0.15, 0.2) is 12.1 Å². The van der Waals surface area contributed by atoms with E-state index in [-0.39, 0.29) is 0 Å². The molecule has 0 fully saturated rings. The van der Waals surface area contributed by atoms with Gasteiger partial charge in [0.2, 0.25) is 0 Å². The van der Waals surface area contributed by atoms with Crippen LogP contribution in [-0.2, 0) is 18.4 Å². The van der Waals surface area contributed by atoms with Crippen LogP contribution in [0.25, 0.3) is 10.1 Å². The molecule has 2 heterocycles. The second-order valence-electron chi connectivity index (χ2n) is 6.03. The normalized spacial score (nSPS) is 16.1. The van der Waals surface area contributed by atoms with Gasteiger partial charge in [-0.3, -0.25) is 0 Å². The fourth-order valence-corrected chi connectivity index (χ4v) is 4.45. The monoisotopic (exact) mass is 304 g/mol. The van der Waals surface area contributed by atoms with Gasteiger partial charge in [-0.05, 0) is 50.6 Å². The molecule has 4 heteroatoms. The summed E-state index contributed by atoms with van der Waals surface area (Å²) in [5.74, 6) is 0. The van der Waals surface area contributed by atoms with Crippen LogP contribution in [-0.4, -0.2) is 18.5 Å². The minimum absolute atomic E-state index is 0.450. The Bertz CT molecular complexity index is 724. The van der Waals surface area contributed by atoms with E-state index >= 15 is 0 Å². The molecule has 2 nitrogen and oxygen atoms in total. The minimum Gasteiger partial charge on any atom is -0.302 e. The molecule has 0 saturated carbocycles. The van der Waals surface area contributed by atoms with Crippen LogP contribution in [0.5, 0.6) is 0 Å². The Morgan fingerprint density at radius 1 is 1.35 bits per heavy atom. The molecule has 1 aromatic carbocycles. The van der Waals surface area contributed by atoms with E-state index in [0.29, 0.717) is 0 Å². The fourth-order valence-electron chi connectivity index (χ4n) is 2.90. The van der Waals surface area contributed by atoms with E-state index in [1.807, 2.05) is 19.9 Å². The van der Waals surface area contributed by atoms with Crippen LogP contribution < -0.4 is 0 Å². The van der Waals surface area contributed by atoms with Gasteiger partial charge in [-0.25, -0.2) is 0 Å². The zero-order valence-electron chi connectivity index (χ0n) is 12.0. The Morgan fingerprint density at radius 2 is 2.10 bits per heavy atom. The highest BCUT2D eigenvalue weighted by molar-refractivity contribution is 7.19. The standard InChI is InChI=1S/C16H17ClN2S/c1-16(2,9-18)15-11-8-19(3)7-6-10-12(17)4-5-13(20-15)14(10)11/h4-5H,6-8H2,1-3H3. The third kappa shape index (κ3) is 2.03. The van der Waals surface area contributed by atoms with Crippen LogP contribution in [0, 0.1) is 11.3 Å². The third-order valence-electron chi connectivity index (χ3n) is 4.02. The number of rotatable bonds is 1. The summed E-state index contributed by atoms with van der Waals surface area (Å²) < 4.78 is 1.26. The van der Waals surface area contributed by atoms with Gasteiger partial charge in [0.1, 0.15) is 0 Å². The highest BCUT2D eigenvalue weighted by Crippen LogP contribution is 2.43. The molecule has 1 aromatic heterocycles. The zero-order valence-corrected chi connectivity index (χ0v) is 13.5. The van der Waals surface area contributed by atoms with E-state index in [0.717, 1.165) is 24.5 Å². The van der Waals surface area contributed by atoms with Crippen molar-refractivity contribution < 1.29 is 0 Å². The maximum absolute atomic E-state index is 9.49. The summed E-state index contributed by atoms with van der Waals surface area (Å²) in [7, 11) is 2.13. The van der Waals surface area contributed by atoms with Crippen LogP contribution in [0.1, 0.15) is 29.9 Å². The molecule has 0 unspecified atom stereocenters. The molecule has 104 valence electrons. The molecule has 0 atom stereocenters. The number of benzene rings is 1. The molecule has 0 bridgehead atoms. The van der Waals surface area contributed by atoms with Crippen molar-refractivity contribution >= 4 is 33.0 Å². The van der Waals surface area contributed by atoms with Crippen molar-refractivity contribution in [1.29, 1.82) is 5.26 Å². The Hall–Kier alpha value is -1.08. The van der Waals surface area contributed by atoms with Gasteiger partial charge in [0, 0.05) is 33.1 Å².